The molecule has 34 heteroatoms. The van der Waals surface area contributed by atoms with Crippen LogP contribution in [0, 0.1) is 0 Å². The Morgan fingerprint density at radius 2 is 1.58 bits per heavy atom. The van der Waals surface area contributed by atoms with E-state index in [1.807, 2.05) is 18.2 Å². The maximum atomic E-state index is 13.1. The molecule has 6 atom stereocenters. The number of benzene rings is 3. The molecule has 0 bridgehead atoms. The van der Waals surface area contributed by atoms with Crippen molar-refractivity contribution in [3.8, 4) is 17.2 Å². The number of nitrogens with one attached hydrogen (secondary N) is 3. The lowest BCUT2D eigenvalue weighted by Gasteiger charge is -2.21. The number of nitrogens with zero attached hydrogens (tertiary/aromatic N) is 4. The molecule has 31 nitrogen and oxygen atoms in total. The molecule has 0 radical (unpaired) electrons. The van der Waals surface area contributed by atoms with Crippen molar-refractivity contribution in [3.05, 3.63) is 142 Å². The molecule has 9 N–H and O–H groups in total. The van der Waals surface area contributed by atoms with E-state index in [-0.39, 0.29) is 74.2 Å². The van der Waals surface area contributed by atoms with E-state index in [4.69, 9.17) is 57.3 Å². The van der Waals surface area contributed by atoms with Crippen LogP contribution in [0.2, 0.25) is 0 Å². The number of carbonyl (C=O) groups excluding carboxylic acids is 3. The van der Waals surface area contributed by atoms with E-state index in [1.54, 1.807) is 48.5 Å². The normalized spacial score (nSPS) is 16.8. The standard InChI is InChI=1S/C56H69N8O23P3/c1-5-24-77-35-81-46-30-49(83-47(46)32-82-89(73,74)87-90(75,76)86-88(70,71)72)64-31-39(51(57)62-56(64)69)15-13-23-58-48(65)33-80-50(78-25-6-2)34-79-41-16-12-14-37(26-41)52(66)59-21-10-9-11-22-60-53(67)38-18-20-44-43(28-38)61-54(84-44)42-27-36-17-19-40(63(7-3)8-4)29-45(36)85-55(42)68/h5-6,12-20,26-29,31,46-47,49-50H,1-2,7-11,21-25,30,32-35H2,3-4H3,(H,58,65)(H,59,66)(H,60,67)(H,73,74)(H,75,76)(H2,57,62,69)(H2,70,71,72)/b15-13+/t46?,47-,49-,50?/m1/s1. The fourth-order valence-corrected chi connectivity index (χ4v) is 11.8. The predicted octanol–water partition coefficient (Wildman–Crippen LogP) is 5.85. The first kappa shape index (κ1) is 69.9. The molecule has 486 valence electrons. The topological polar surface area (TPSA) is 423 Å². The van der Waals surface area contributed by atoms with Crippen LogP contribution in [-0.4, -0.2) is 143 Å². The molecule has 90 heavy (non-hydrogen) atoms. The molecule has 6 aromatic rings. The summed E-state index contributed by atoms with van der Waals surface area (Å²) in [5.74, 6) is -1.01. The number of phosphoric ester groups is 1. The zero-order valence-electron chi connectivity index (χ0n) is 48.8. The first-order chi connectivity index (χ1) is 43.0. The van der Waals surface area contributed by atoms with Crippen molar-refractivity contribution in [3.63, 3.8) is 0 Å². The number of nitrogens with two attached hydrogens (primary N) is 1. The molecule has 4 heterocycles. The van der Waals surface area contributed by atoms with Gasteiger partial charge in [0.2, 0.25) is 11.8 Å². The predicted molar refractivity (Wildman–Crippen MR) is 325 cm³/mol. The van der Waals surface area contributed by atoms with E-state index < -0.39 is 78.6 Å². The van der Waals surface area contributed by atoms with Crippen LogP contribution in [0.4, 0.5) is 11.5 Å². The summed E-state index contributed by atoms with van der Waals surface area (Å²) in [6.45, 7) is 11.8. The minimum Gasteiger partial charge on any atom is -0.488 e. The van der Waals surface area contributed by atoms with Gasteiger partial charge in [0.25, 0.3) is 11.8 Å². The molecule has 0 saturated carbocycles. The molecule has 0 aliphatic carbocycles. The van der Waals surface area contributed by atoms with Crippen molar-refractivity contribution in [1.29, 1.82) is 0 Å². The summed E-state index contributed by atoms with van der Waals surface area (Å²) in [6.07, 6.45) is 4.43. The second-order valence-electron chi connectivity index (χ2n) is 19.5. The molecular weight excluding hydrogens is 1250 g/mol. The number of rotatable bonds is 37. The van der Waals surface area contributed by atoms with E-state index in [0.717, 1.165) is 23.3 Å². The molecule has 1 saturated heterocycles. The van der Waals surface area contributed by atoms with Crippen molar-refractivity contribution in [2.24, 2.45) is 0 Å². The number of nitrogen functional groups attached to an aromatic ring is 1. The van der Waals surface area contributed by atoms with E-state index in [2.05, 4.69) is 66.4 Å². The summed E-state index contributed by atoms with van der Waals surface area (Å²) in [7, 11) is -17.0. The summed E-state index contributed by atoms with van der Waals surface area (Å²) in [5, 5.41) is 9.13. The summed E-state index contributed by atoms with van der Waals surface area (Å²) in [4.78, 5) is 113. The van der Waals surface area contributed by atoms with Gasteiger partial charge in [0, 0.05) is 79.2 Å². The fourth-order valence-electron chi connectivity index (χ4n) is 8.81. The second kappa shape index (κ2) is 33.0. The Morgan fingerprint density at radius 1 is 0.844 bits per heavy atom. The number of aromatic nitrogens is 3. The smallest absolute Gasteiger partial charge is 0.488 e. The maximum absolute atomic E-state index is 13.1. The summed E-state index contributed by atoms with van der Waals surface area (Å²) >= 11 is 0. The number of ether oxygens (including phenoxy) is 6. The number of anilines is 2. The first-order valence-corrected chi connectivity index (χ1v) is 32.4. The Hall–Kier alpha value is -7.54. The van der Waals surface area contributed by atoms with Gasteiger partial charge in [-0.15, -0.1) is 13.2 Å². The van der Waals surface area contributed by atoms with Gasteiger partial charge < -0.3 is 83.4 Å². The molecule has 3 amide bonds. The van der Waals surface area contributed by atoms with Crippen molar-refractivity contribution in [2.75, 3.05) is 83.2 Å². The van der Waals surface area contributed by atoms with Crippen LogP contribution >= 0.6 is 23.5 Å². The highest BCUT2D eigenvalue weighted by molar-refractivity contribution is 7.66. The monoisotopic (exact) mass is 1310 g/mol. The number of oxazole rings is 1. The molecule has 3 aromatic carbocycles. The zero-order valence-corrected chi connectivity index (χ0v) is 51.5. The van der Waals surface area contributed by atoms with Crippen molar-refractivity contribution >= 4 is 80.8 Å². The molecule has 7 rings (SSSR count). The van der Waals surface area contributed by atoms with Gasteiger partial charge in [-0.1, -0.05) is 30.4 Å². The van der Waals surface area contributed by atoms with Gasteiger partial charge in [-0.05, 0) is 87.7 Å². The fraction of sp³-hybridized carbons (Fsp3) is 0.375. The van der Waals surface area contributed by atoms with Gasteiger partial charge in [-0.3, -0.25) is 23.5 Å². The number of fused-ring (bicyclic) bond motifs is 2. The van der Waals surface area contributed by atoms with Crippen molar-refractivity contribution < 1.29 is 98.1 Å². The zero-order chi connectivity index (χ0) is 65.0. The minimum atomic E-state index is -5.82. The molecule has 1 aliphatic rings. The highest BCUT2D eigenvalue weighted by Crippen LogP contribution is 2.66. The van der Waals surface area contributed by atoms with Gasteiger partial charge in [0.1, 0.15) is 60.6 Å². The highest BCUT2D eigenvalue weighted by Gasteiger charge is 2.44. The van der Waals surface area contributed by atoms with Crippen LogP contribution in [0.1, 0.15) is 72.0 Å². The number of unbranched alkanes of at least 4 members (excludes halogenated alkanes) is 2. The quantitative estimate of drug-likeness (QED) is 0.00745. The van der Waals surface area contributed by atoms with Crippen LogP contribution < -0.4 is 42.6 Å². The van der Waals surface area contributed by atoms with E-state index in [1.165, 1.54) is 30.5 Å². The lowest BCUT2D eigenvalue weighted by atomic mass is 10.1. The van der Waals surface area contributed by atoms with Crippen molar-refractivity contribution in [1.82, 2.24) is 30.5 Å². The molecular formula is C56H69N8O23P3. The number of hydrogen-bond acceptors (Lipinski definition) is 23. The average Bonchev–Trinajstić information content (AvgIpc) is 1.58. The van der Waals surface area contributed by atoms with Crippen LogP contribution in [0.3, 0.4) is 0 Å². The average molecular weight is 1320 g/mol. The van der Waals surface area contributed by atoms with Crippen LogP contribution in [-0.2, 0) is 55.3 Å². The van der Waals surface area contributed by atoms with Gasteiger partial charge >= 0.3 is 34.8 Å². The molecule has 3 aromatic heterocycles. The summed E-state index contributed by atoms with van der Waals surface area (Å²) in [6, 6.07) is 18.6. The lowest BCUT2D eigenvalue weighted by Crippen LogP contribution is -2.33. The third-order valence-corrected chi connectivity index (χ3v) is 16.9. The summed E-state index contributed by atoms with van der Waals surface area (Å²) in [5.41, 5.74) is 7.80. The Morgan fingerprint density at radius 3 is 2.29 bits per heavy atom. The first-order valence-electron chi connectivity index (χ1n) is 27.9. The summed E-state index contributed by atoms with van der Waals surface area (Å²) < 4.78 is 94.1. The Balaban J connectivity index is 0.816. The molecule has 1 fully saturated rings. The third-order valence-electron chi connectivity index (χ3n) is 13.1. The number of hydrogen-bond donors (Lipinski definition) is 8. The molecule has 1 aliphatic heterocycles. The van der Waals surface area contributed by atoms with Gasteiger partial charge in [0.15, 0.2) is 11.9 Å². The SMILES string of the molecule is C=CCOCOC1C[C@H](n2cc(/C=C/CNC(=O)COC(COc3cccc(C(=O)NCCCCCNC(=O)c4ccc5oc(-c6cc7ccc(N(CC)CC)cc7oc6=O)nc5c4)c3)OCC=C)c(N)nc2=O)O[C@@H]1COP(=O)(O)OP(=O)(O)OP(=O)(O)O. The second-order valence-corrected chi connectivity index (χ2v) is 23.9. The van der Waals surface area contributed by atoms with Crippen LogP contribution in [0.25, 0.3) is 39.6 Å². The van der Waals surface area contributed by atoms with E-state index in [0.29, 0.717) is 71.3 Å². The molecule has 4 unspecified atom stereocenters. The Labute approximate surface area is 514 Å². The van der Waals surface area contributed by atoms with Gasteiger partial charge in [-0.25, -0.2) is 28.3 Å². The van der Waals surface area contributed by atoms with Crippen LogP contribution in [0.15, 0.2) is 123 Å². The van der Waals surface area contributed by atoms with Gasteiger partial charge in [0.05, 0.1) is 25.9 Å². The largest absolute Gasteiger partial charge is 0.490 e. The number of phosphoric acid groups is 3. The van der Waals surface area contributed by atoms with Crippen LogP contribution in [0.5, 0.6) is 5.75 Å². The lowest BCUT2D eigenvalue weighted by molar-refractivity contribution is -0.162. The molecule has 0 spiro atoms. The minimum absolute atomic E-state index is 0.0494. The van der Waals surface area contributed by atoms with E-state index in [9.17, 15) is 47.5 Å². The Kier molecular flexibility index (Phi) is 25.6. The van der Waals surface area contributed by atoms with E-state index >= 15 is 0 Å². The number of carbonyl (C=O) groups is 3. The third kappa shape index (κ3) is 21.0. The highest BCUT2D eigenvalue weighted by atomic mass is 31.3. The Bertz CT molecular complexity index is 3790. The number of amides is 3. The van der Waals surface area contributed by atoms with Crippen molar-refractivity contribution in [2.45, 2.75) is 64.3 Å². The van der Waals surface area contributed by atoms with Gasteiger partial charge in [-0.2, -0.15) is 13.6 Å². The maximum Gasteiger partial charge on any atom is 0.490 e.